The first-order valence-corrected chi connectivity index (χ1v) is 15.8. The lowest BCUT2D eigenvalue weighted by molar-refractivity contribution is -0.144. The molecule has 0 bridgehead atoms. The van der Waals surface area contributed by atoms with Gasteiger partial charge < -0.3 is 25.6 Å². The van der Waals surface area contributed by atoms with Crippen LogP contribution in [0.4, 0.5) is 0 Å². The van der Waals surface area contributed by atoms with E-state index >= 15 is 0 Å². The molecule has 4 amide bonds. The first kappa shape index (κ1) is 35.9. The summed E-state index contributed by atoms with van der Waals surface area (Å²) in [6, 6.07) is -2.57. The van der Waals surface area contributed by atoms with Crippen molar-refractivity contribution >= 4 is 29.4 Å². The fourth-order valence-corrected chi connectivity index (χ4v) is 5.22. The summed E-state index contributed by atoms with van der Waals surface area (Å²) in [4.78, 5) is 66.8. The van der Waals surface area contributed by atoms with E-state index in [1.165, 1.54) is 11.0 Å². The van der Waals surface area contributed by atoms with Gasteiger partial charge in [-0.05, 0) is 49.5 Å². The van der Waals surface area contributed by atoms with E-state index < -0.39 is 35.7 Å². The van der Waals surface area contributed by atoms with Crippen molar-refractivity contribution in [3.05, 3.63) is 36.5 Å². The quantitative estimate of drug-likeness (QED) is 0.163. The van der Waals surface area contributed by atoms with E-state index in [2.05, 4.69) is 36.4 Å². The highest BCUT2D eigenvalue weighted by Gasteiger charge is 2.40. The summed E-state index contributed by atoms with van der Waals surface area (Å²) < 4.78 is 5.96. The van der Waals surface area contributed by atoms with Crippen molar-refractivity contribution in [2.45, 2.75) is 110 Å². The molecule has 0 saturated carbocycles. The molecule has 2 unspecified atom stereocenters. The molecule has 0 spiro atoms. The summed E-state index contributed by atoms with van der Waals surface area (Å²) in [5.41, 5.74) is 0.843. The molecular formula is C33H52N4O6. The predicted molar refractivity (Wildman–Crippen MR) is 167 cm³/mol. The van der Waals surface area contributed by atoms with Crippen LogP contribution in [0.3, 0.4) is 0 Å². The molecule has 2 rings (SSSR count). The van der Waals surface area contributed by atoms with Gasteiger partial charge in [-0.15, -0.1) is 6.58 Å². The van der Waals surface area contributed by atoms with Gasteiger partial charge in [0.2, 0.25) is 23.5 Å². The molecule has 240 valence electrons. The number of rotatable bonds is 18. The van der Waals surface area contributed by atoms with Crippen molar-refractivity contribution < 1.29 is 28.7 Å². The molecule has 1 aliphatic heterocycles. The van der Waals surface area contributed by atoms with Gasteiger partial charge in [-0.2, -0.15) is 0 Å². The molecule has 43 heavy (non-hydrogen) atoms. The maximum atomic E-state index is 13.8. The van der Waals surface area contributed by atoms with Gasteiger partial charge in [0.1, 0.15) is 12.1 Å². The number of hydrogen-bond donors (Lipinski definition) is 3. The number of Topliss-reactive ketones (excluding diaryl/α,β-unsaturated/α-hetero) is 1. The standard InChI is InChI=1S/C33H52N4O6/c1-7-12-26(30(39)32(41)34-17-8-2)35-31(40)27-15-11-18-37(27)33(42)29(23(6)9-3)36-28(38)21-24-13-10-14-25(20-24)43-19-16-22(4)5/h8,10,13,20,22-23,25-27,29H,2,7,9,11-12,14-19,21H2,1,3-6H3,(H,34,41)(H,35,40)(H,36,38)/t23?,25-,26?,27+,29+/m1/s1. The minimum Gasteiger partial charge on any atom is -0.374 e. The highest BCUT2D eigenvalue weighted by Crippen LogP contribution is 2.23. The molecule has 10 heteroatoms. The monoisotopic (exact) mass is 600 g/mol. The van der Waals surface area contributed by atoms with Gasteiger partial charge >= 0.3 is 0 Å². The highest BCUT2D eigenvalue weighted by molar-refractivity contribution is 6.38. The SMILES string of the molecule is C=CCNC(=O)C(=O)C(CCC)NC(=O)[C@@H]1CCCN1C(=O)[C@@H](NC(=O)CC1=C[C@H](OCCC(C)C)CC=C1)C(C)CC. The summed E-state index contributed by atoms with van der Waals surface area (Å²) in [7, 11) is 0. The molecule has 0 aromatic rings. The molecule has 10 nitrogen and oxygen atoms in total. The van der Waals surface area contributed by atoms with Gasteiger partial charge in [-0.3, -0.25) is 24.0 Å². The molecule has 1 fully saturated rings. The number of allylic oxidation sites excluding steroid dienone is 1. The van der Waals surface area contributed by atoms with E-state index in [4.69, 9.17) is 4.74 Å². The van der Waals surface area contributed by atoms with Gasteiger partial charge in [0, 0.05) is 19.7 Å². The molecule has 0 aromatic heterocycles. The van der Waals surface area contributed by atoms with E-state index in [1.54, 1.807) is 0 Å². The summed E-state index contributed by atoms with van der Waals surface area (Å²) in [5, 5.41) is 8.13. The zero-order chi connectivity index (χ0) is 31.9. The Bertz CT molecular complexity index is 1050. The number of ether oxygens (including phenoxy) is 1. The fourth-order valence-electron chi connectivity index (χ4n) is 5.22. The number of ketones is 1. The number of carbonyl (C=O) groups excluding carboxylic acids is 5. The van der Waals surface area contributed by atoms with Gasteiger partial charge in [0.25, 0.3) is 5.91 Å². The molecule has 3 N–H and O–H groups in total. The van der Waals surface area contributed by atoms with E-state index in [-0.39, 0.29) is 36.8 Å². The molecular weight excluding hydrogens is 548 g/mol. The third-order valence-electron chi connectivity index (χ3n) is 7.97. The zero-order valence-electron chi connectivity index (χ0n) is 26.7. The Morgan fingerprint density at radius 1 is 1.12 bits per heavy atom. The zero-order valence-corrected chi connectivity index (χ0v) is 26.7. The molecule has 1 heterocycles. The van der Waals surface area contributed by atoms with Crippen molar-refractivity contribution in [3.63, 3.8) is 0 Å². The maximum Gasteiger partial charge on any atom is 0.289 e. The predicted octanol–water partition coefficient (Wildman–Crippen LogP) is 3.37. The molecule has 2 aliphatic rings. The Balaban J connectivity index is 2.08. The molecule has 5 atom stereocenters. The van der Waals surface area contributed by atoms with E-state index in [0.717, 1.165) is 18.4 Å². The maximum absolute atomic E-state index is 13.8. The number of amides is 4. The van der Waals surface area contributed by atoms with Crippen LogP contribution in [0.2, 0.25) is 0 Å². The van der Waals surface area contributed by atoms with Gasteiger partial charge in [0.05, 0.1) is 18.6 Å². The van der Waals surface area contributed by atoms with Gasteiger partial charge in [-0.1, -0.05) is 71.8 Å². The van der Waals surface area contributed by atoms with Crippen molar-refractivity contribution in [3.8, 4) is 0 Å². The van der Waals surface area contributed by atoms with Crippen LogP contribution >= 0.6 is 0 Å². The highest BCUT2D eigenvalue weighted by atomic mass is 16.5. The van der Waals surface area contributed by atoms with E-state index in [0.29, 0.717) is 51.2 Å². The topological polar surface area (TPSA) is 134 Å². The average Bonchev–Trinajstić information content (AvgIpc) is 3.47. The Morgan fingerprint density at radius 3 is 2.51 bits per heavy atom. The van der Waals surface area contributed by atoms with Crippen LogP contribution in [0.15, 0.2) is 36.5 Å². The molecule has 0 aromatic carbocycles. The summed E-state index contributed by atoms with van der Waals surface area (Å²) in [5.74, 6) is -2.16. The lowest BCUT2D eigenvalue weighted by atomic mass is 9.96. The smallest absolute Gasteiger partial charge is 0.289 e. The lowest BCUT2D eigenvalue weighted by Crippen LogP contribution is -2.57. The number of likely N-dealkylation sites (tertiary alicyclic amines) is 1. The Kier molecular flexibility index (Phi) is 15.4. The fraction of sp³-hybridized carbons (Fsp3) is 0.667. The molecule has 0 radical (unpaired) electrons. The Hall–Kier alpha value is -3.27. The minimum absolute atomic E-state index is 0.0705. The van der Waals surface area contributed by atoms with Crippen LogP contribution in [0, 0.1) is 11.8 Å². The third kappa shape index (κ3) is 11.4. The number of nitrogens with one attached hydrogen (secondary N) is 3. The van der Waals surface area contributed by atoms with Crippen molar-refractivity contribution in [2.24, 2.45) is 11.8 Å². The largest absolute Gasteiger partial charge is 0.374 e. The van der Waals surface area contributed by atoms with Gasteiger partial charge in [-0.25, -0.2) is 0 Å². The van der Waals surface area contributed by atoms with E-state index in [1.807, 2.05) is 39.0 Å². The number of nitrogens with zero attached hydrogens (tertiary/aromatic N) is 1. The van der Waals surface area contributed by atoms with Gasteiger partial charge in [0.15, 0.2) is 0 Å². The second-order valence-corrected chi connectivity index (χ2v) is 12.0. The first-order chi connectivity index (χ1) is 20.5. The number of hydrogen-bond acceptors (Lipinski definition) is 6. The van der Waals surface area contributed by atoms with Crippen molar-refractivity contribution in [1.82, 2.24) is 20.9 Å². The molecule has 1 saturated heterocycles. The summed E-state index contributed by atoms with van der Waals surface area (Å²) in [6.07, 6.45) is 11.8. The summed E-state index contributed by atoms with van der Waals surface area (Å²) in [6.45, 7) is 14.7. The Morgan fingerprint density at radius 2 is 1.86 bits per heavy atom. The second kappa shape index (κ2) is 18.4. The molecule has 1 aliphatic carbocycles. The van der Waals surface area contributed by atoms with Crippen molar-refractivity contribution in [2.75, 3.05) is 19.7 Å². The second-order valence-electron chi connectivity index (χ2n) is 12.0. The van der Waals surface area contributed by atoms with E-state index in [9.17, 15) is 24.0 Å². The van der Waals surface area contributed by atoms with Crippen LogP contribution < -0.4 is 16.0 Å². The number of carbonyl (C=O) groups is 5. The lowest BCUT2D eigenvalue weighted by Gasteiger charge is -2.32. The first-order valence-electron chi connectivity index (χ1n) is 15.8. The average molecular weight is 601 g/mol. The third-order valence-corrected chi connectivity index (χ3v) is 7.97. The van der Waals surface area contributed by atoms with Crippen LogP contribution in [-0.2, 0) is 28.7 Å². The van der Waals surface area contributed by atoms with Crippen molar-refractivity contribution in [1.29, 1.82) is 0 Å². The van der Waals surface area contributed by atoms with Crippen LogP contribution in [0.5, 0.6) is 0 Å². The van der Waals surface area contributed by atoms with Crippen LogP contribution in [-0.4, -0.2) is 78.2 Å². The van der Waals surface area contributed by atoms with Crippen LogP contribution in [0.25, 0.3) is 0 Å². The minimum atomic E-state index is -0.986. The Labute approximate surface area is 257 Å². The van der Waals surface area contributed by atoms with Crippen LogP contribution in [0.1, 0.15) is 86.0 Å². The normalized spacial score (nSPS) is 20.1. The summed E-state index contributed by atoms with van der Waals surface area (Å²) >= 11 is 0.